The maximum atomic E-state index is 10.9. The van der Waals surface area contributed by atoms with Crippen LogP contribution in [0.25, 0.3) is 0 Å². The lowest BCUT2D eigenvalue weighted by Gasteiger charge is -2.22. The first kappa shape index (κ1) is 10.7. The highest BCUT2D eigenvalue weighted by molar-refractivity contribution is 5.79. The van der Waals surface area contributed by atoms with Crippen molar-refractivity contribution in [2.75, 3.05) is 6.61 Å². The van der Waals surface area contributed by atoms with E-state index < -0.39 is 0 Å². The van der Waals surface area contributed by atoms with Gasteiger partial charge in [0.15, 0.2) is 0 Å². The first-order valence-corrected chi connectivity index (χ1v) is 5.03. The standard InChI is InChI=1S/C10H18O3/c1-2-8(11)7-13-10-5-3-9(12)4-6-10/h8,10-11H,2-7H2,1H3. The number of aliphatic hydroxyl groups is 1. The van der Waals surface area contributed by atoms with E-state index in [9.17, 15) is 9.90 Å². The third kappa shape index (κ3) is 3.87. The van der Waals surface area contributed by atoms with E-state index >= 15 is 0 Å². The molecule has 1 unspecified atom stereocenters. The van der Waals surface area contributed by atoms with Crippen LogP contribution < -0.4 is 0 Å². The van der Waals surface area contributed by atoms with Gasteiger partial charge in [0.05, 0.1) is 18.8 Å². The molecule has 0 aromatic rings. The summed E-state index contributed by atoms with van der Waals surface area (Å²) in [4.78, 5) is 10.9. The van der Waals surface area contributed by atoms with Gasteiger partial charge in [-0.15, -0.1) is 0 Å². The second-order valence-electron chi connectivity index (χ2n) is 3.63. The van der Waals surface area contributed by atoms with Crippen molar-refractivity contribution in [1.29, 1.82) is 0 Å². The van der Waals surface area contributed by atoms with Crippen LogP contribution in [0.5, 0.6) is 0 Å². The summed E-state index contributed by atoms with van der Waals surface area (Å²) in [6.07, 6.45) is 3.52. The SMILES string of the molecule is CCC(O)COC1CCC(=O)CC1. The average molecular weight is 186 g/mol. The number of aliphatic hydroxyl groups excluding tert-OH is 1. The zero-order valence-corrected chi connectivity index (χ0v) is 8.16. The van der Waals surface area contributed by atoms with E-state index in [0.717, 1.165) is 19.3 Å². The summed E-state index contributed by atoms with van der Waals surface area (Å²) in [7, 11) is 0. The lowest BCUT2D eigenvalue weighted by molar-refractivity contribution is -0.123. The Balaban J connectivity index is 2.12. The maximum Gasteiger partial charge on any atom is 0.133 e. The van der Waals surface area contributed by atoms with Crippen LogP contribution in [0.4, 0.5) is 0 Å². The van der Waals surface area contributed by atoms with Gasteiger partial charge in [0.1, 0.15) is 5.78 Å². The summed E-state index contributed by atoms with van der Waals surface area (Å²) in [5.74, 6) is 0.343. The topological polar surface area (TPSA) is 46.5 Å². The van der Waals surface area contributed by atoms with Gasteiger partial charge in [-0.2, -0.15) is 0 Å². The van der Waals surface area contributed by atoms with Crippen molar-refractivity contribution < 1.29 is 14.6 Å². The zero-order chi connectivity index (χ0) is 9.68. The van der Waals surface area contributed by atoms with E-state index in [4.69, 9.17) is 4.74 Å². The number of hydrogen-bond donors (Lipinski definition) is 1. The summed E-state index contributed by atoms with van der Waals surface area (Å²) < 4.78 is 5.48. The number of ether oxygens (including phenoxy) is 1. The second-order valence-corrected chi connectivity index (χ2v) is 3.63. The van der Waals surface area contributed by atoms with Gasteiger partial charge < -0.3 is 9.84 Å². The fourth-order valence-electron chi connectivity index (χ4n) is 1.44. The summed E-state index contributed by atoms with van der Waals surface area (Å²) in [5, 5.41) is 9.25. The Morgan fingerprint density at radius 1 is 1.54 bits per heavy atom. The minimum absolute atomic E-state index is 0.193. The number of ketones is 1. The van der Waals surface area contributed by atoms with Gasteiger partial charge in [0.25, 0.3) is 0 Å². The van der Waals surface area contributed by atoms with E-state index in [-0.39, 0.29) is 12.2 Å². The molecular formula is C10H18O3. The van der Waals surface area contributed by atoms with Gasteiger partial charge in [-0.25, -0.2) is 0 Å². The van der Waals surface area contributed by atoms with Gasteiger partial charge >= 0.3 is 0 Å². The van der Waals surface area contributed by atoms with E-state index in [1.807, 2.05) is 6.92 Å². The molecule has 1 rings (SSSR count). The molecule has 13 heavy (non-hydrogen) atoms. The van der Waals surface area contributed by atoms with E-state index in [2.05, 4.69) is 0 Å². The van der Waals surface area contributed by atoms with Gasteiger partial charge in [-0.05, 0) is 19.3 Å². The van der Waals surface area contributed by atoms with Crippen LogP contribution in [0.1, 0.15) is 39.0 Å². The largest absolute Gasteiger partial charge is 0.391 e. The molecule has 0 aliphatic heterocycles. The molecule has 1 aliphatic rings. The van der Waals surface area contributed by atoms with Gasteiger partial charge in [-0.1, -0.05) is 6.92 Å². The molecule has 0 bridgehead atoms. The Bertz CT molecular complexity index is 158. The Kier molecular flexibility index (Phi) is 4.39. The molecule has 3 nitrogen and oxygen atoms in total. The predicted molar refractivity (Wildman–Crippen MR) is 49.5 cm³/mol. The fourth-order valence-corrected chi connectivity index (χ4v) is 1.44. The van der Waals surface area contributed by atoms with Crippen molar-refractivity contribution >= 4 is 5.78 Å². The third-order valence-electron chi connectivity index (χ3n) is 2.49. The van der Waals surface area contributed by atoms with E-state index in [1.165, 1.54) is 0 Å². The maximum absolute atomic E-state index is 10.9. The lowest BCUT2D eigenvalue weighted by atomic mass is 9.96. The molecule has 1 aliphatic carbocycles. The number of Topliss-reactive ketones (excluding diaryl/α,β-unsaturated/α-hetero) is 1. The van der Waals surface area contributed by atoms with Crippen LogP contribution in [-0.4, -0.2) is 29.7 Å². The van der Waals surface area contributed by atoms with Crippen LogP contribution >= 0.6 is 0 Å². The predicted octanol–water partition coefficient (Wildman–Crippen LogP) is 1.29. The molecule has 1 atom stereocenters. The van der Waals surface area contributed by atoms with E-state index in [1.54, 1.807) is 0 Å². The monoisotopic (exact) mass is 186 g/mol. The molecule has 1 saturated carbocycles. The second kappa shape index (κ2) is 5.35. The van der Waals surface area contributed by atoms with Gasteiger partial charge in [-0.3, -0.25) is 4.79 Å². The molecule has 0 saturated heterocycles. The molecule has 1 fully saturated rings. The molecule has 3 heteroatoms. The fraction of sp³-hybridized carbons (Fsp3) is 0.900. The smallest absolute Gasteiger partial charge is 0.133 e. The van der Waals surface area contributed by atoms with Crippen LogP contribution in [-0.2, 0) is 9.53 Å². The minimum Gasteiger partial charge on any atom is -0.391 e. The molecule has 0 spiro atoms. The molecule has 0 heterocycles. The molecular weight excluding hydrogens is 168 g/mol. The third-order valence-corrected chi connectivity index (χ3v) is 2.49. The Hall–Kier alpha value is -0.410. The highest BCUT2D eigenvalue weighted by Crippen LogP contribution is 2.18. The minimum atomic E-state index is -0.349. The van der Waals surface area contributed by atoms with Crippen LogP contribution in [0, 0.1) is 0 Å². The zero-order valence-electron chi connectivity index (χ0n) is 8.16. The normalized spacial score (nSPS) is 21.8. The van der Waals surface area contributed by atoms with Crippen molar-refractivity contribution in [3.05, 3.63) is 0 Å². The summed E-state index contributed by atoms with van der Waals surface area (Å²) in [5.41, 5.74) is 0. The highest BCUT2D eigenvalue weighted by Gasteiger charge is 2.19. The van der Waals surface area contributed by atoms with Crippen molar-refractivity contribution in [2.45, 2.75) is 51.2 Å². The van der Waals surface area contributed by atoms with Crippen molar-refractivity contribution in [1.82, 2.24) is 0 Å². The molecule has 0 aromatic heterocycles. The lowest BCUT2D eigenvalue weighted by Crippen LogP contribution is -2.25. The Labute approximate surface area is 79.1 Å². The summed E-state index contributed by atoms with van der Waals surface area (Å²) >= 11 is 0. The van der Waals surface area contributed by atoms with Crippen LogP contribution in [0.3, 0.4) is 0 Å². The summed E-state index contributed by atoms with van der Waals surface area (Å²) in [6, 6.07) is 0. The Morgan fingerprint density at radius 3 is 2.69 bits per heavy atom. The average Bonchev–Trinajstić information content (AvgIpc) is 2.16. The van der Waals surface area contributed by atoms with Crippen LogP contribution in [0.2, 0.25) is 0 Å². The van der Waals surface area contributed by atoms with Gasteiger partial charge in [0.2, 0.25) is 0 Å². The Morgan fingerprint density at radius 2 is 2.15 bits per heavy atom. The number of rotatable bonds is 4. The first-order valence-electron chi connectivity index (χ1n) is 5.03. The molecule has 0 radical (unpaired) electrons. The van der Waals surface area contributed by atoms with Crippen molar-refractivity contribution in [3.8, 4) is 0 Å². The van der Waals surface area contributed by atoms with E-state index in [0.29, 0.717) is 25.2 Å². The summed E-state index contributed by atoms with van der Waals surface area (Å²) in [6.45, 7) is 2.34. The number of hydrogen-bond acceptors (Lipinski definition) is 3. The van der Waals surface area contributed by atoms with Crippen molar-refractivity contribution in [2.24, 2.45) is 0 Å². The molecule has 0 amide bonds. The van der Waals surface area contributed by atoms with Crippen LogP contribution in [0.15, 0.2) is 0 Å². The quantitative estimate of drug-likeness (QED) is 0.719. The first-order chi connectivity index (χ1) is 6.22. The molecule has 0 aromatic carbocycles. The van der Waals surface area contributed by atoms with Crippen molar-refractivity contribution in [3.63, 3.8) is 0 Å². The number of carbonyl (C=O) groups excluding carboxylic acids is 1. The number of carbonyl (C=O) groups is 1. The molecule has 1 N–H and O–H groups in total. The van der Waals surface area contributed by atoms with Gasteiger partial charge in [0, 0.05) is 12.8 Å². The highest BCUT2D eigenvalue weighted by atomic mass is 16.5. The molecule has 76 valence electrons.